The zero-order valence-corrected chi connectivity index (χ0v) is 27.0. The van der Waals surface area contributed by atoms with Crippen LogP contribution in [0.1, 0.15) is 37.0 Å². The molecular weight excluding hydrogens is 586 g/mol. The molecule has 0 spiro atoms. The third-order valence-corrected chi connectivity index (χ3v) is 9.50. The molecule has 0 unspecified atom stereocenters. The van der Waals surface area contributed by atoms with Crippen LogP contribution in [0, 0.1) is 6.92 Å². The van der Waals surface area contributed by atoms with Gasteiger partial charge in [0.15, 0.2) is 0 Å². The Morgan fingerprint density at radius 1 is 0.822 bits per heavy atom. The minimum atomic E-state index is -4.19. The van der Waals surface area contributed by atoms with Crippen LogP contribution >= 0.6 is 0 Å². The smallest absolute Gasteiger partial charge is 0.264 e. The highest BCUT2D eigenvalue weighted by Crippen LogP contribution is 2.27. The predicted octanol–water partition coefficient (Wildman–Crippen LogP) is 5.75. The van der Waals surface area contributed by atoms with E-state index in [1.807, 2.05) is 81.4 Å². The summed E-state index contributed by atoms with van der Waals surface area (Å²) in [6.45, 7) is 5.42. The molecule has 0 aliphatic rings. The number of nitrogens with one attached hydrogen (secondary N) is 1. The van der Waals surface area contributed by atoms with Gasteiger partial charge in [0.1, 0.15) is 18.3 Å². The lowest BCUT2D eigenvalue weighted by molar-refractivity contribution is -0.140. The molecule has 9 heteroatoms. The van der Waals surface area contributed by atoms with Gasteiger partial charge < -0.3 is 15.0 Å². The van der Waals surface area contributed by atoms with Crippen LogP contribution < -0.4 is 14.4 Å². The van der Waals surface area contributed by atoms with Gasteiger partial charge >= 0.3 is 0 Å². The third-order valence-electron chi connectivity index (χ3n) is 7.72. The molecule has 4 aromatic rings. The molecule has 0 bridgehead atoms. The maximum atomic E-state index is 14.5. The standard InChI is InChI=1S/C36H41N3O5S/c1-5-28(3)37-36(41)34(24-29-12-8-6-9-13-29)38(25-30-14-10-7-11-15-30)35(40)26-39(31-18-16-27(2)17-19-31)45(42,43)33-22-20-32(44-4)21-23-33/h6-23,28,34H,5,24-26H2,1-4H3,(H,37,41)/t28-,34+/m0/s1. The normalized spacial score (nSPS) is 12.5. The second-order valence-electron chi connectivity index (χ2n) is 11.1. The highest BCUT2D eigenvalue weighted by Gasteiger charge is 2.35. The van der Waals surface area contributed by atoms with Crippen molar-refractivity contribution in [2.75, 3.05) is 18.0 Å². The minimum Gasteiger partial charge on any atom is -0.497 e. The molecule has 0 aromatic heterocycles. The number of nitrogens with zero attached hydrogens (tertiary/aromatic N) is 2. The van der Waals surface area contributed by atoms with Crippen LogP contribution in [-0.4, -0.2) is 50.9 Å². The van der Waals surface area contributed by atoms with E-state index < -0.39 is 28.5 Å². The van der Waals surface area contributed by atoms with Crippen LogP contribution in [0.2, 0.25) is 0 Å². The number of sulfonamides is 1. The van der Waals surface area contributed by atoms with Gasteiger partial charge in [0, 0.05) is 19.0 Å². The summed E-state index contributed by atoms with van der Waals surface area (Å²) < 4.78 is 34.6. The number of anilines is 1. The lowest BCUT2D eigenvalue weighted by Gasteiger charge is -2.34. The van der Waals surface area contributed by atoms with Crippen molar-refractivity contribution < 1.29 is 22.7 Å². The fourth-order valence-corrected chi connectivity index (χ4v) is 6.30. The highest BCUT2D eigenvalue weighted by molar-refractivity contribution is 7.92. The lowest BCUT2D eigenvalue weighted by atomic mass is 10.0. The van der Waals surface area contributed by atoms with Crippen LogP contribution in [0.15, 0.2) is 114 Å². The molecule has 0 heterocycles. The van der Waals surface area contributed by atoms with E-state index in [1.165, 1.54) is 24.1 Å². The number of carbonyl (C=O) groups is 2. The Hall–Kier alpha value is -4.63. The van der Waals surface area contributed by atoms with Crippen LogP contribution in [0.3, 0.4) is 0 Å². The quantitative estimate of drug-likeness (QED) is 0.192. The molecule has 2 amide bonds. The van der Waals surface area contributed by atoms with Crippen molar-refractivity contribution in [1.82, 2.24) is 10.2 Å². The molecule has 4 aromatic carbocycles. The zero-order chi connectivity index (χ0) is 32.4. The third kappa shape index (κ3) is 8.73. The van der Waals surface area contributed by atoms with E-state index in [2.05, 4.69) is 5.32 Å². The fourth-order valence-electron chi connectivity index (χ4n) is 4.89. The number of amides is 2. The van der Waals surface area contributed by atoms with E-state index >= 15 is 0 Å². The van der Waals surface area contributed by atoms with Gasteiger partial charge in [-0.25, -0.2) is 8.42 Å². The first-order valence-corrected chi connectivity index (χ1v) is 16.5. The molecule has 1 N–H and O–H groups in total. The molecular formula is C36H41N3O5S. The Bertz CT molecular complexity index is 1640. The van der Waals surface area contributed by atoms with Crippen LogP contribution in [0.5, 0.6) is 5.75 Å². The van der Waals surface area contributed by atoms with E-state index in [1.54, 1.807) is 36.4 Å². The maximum absolute atomic E-state index is 14.5. The number of aryl methyl sites for hydroxylation is 1. The van der Waals surface area contributed by atoms with E-state index in [0.717, 1.165) is 27.4 Å². The number of methoxy groups -OCH3 is 1. The number of carbonyl (C=O) groups excluding carboxylic acids is 2. The van der Waals surface area contributed by atoms with Crippen molar-refractivity contribution in [3.05, 3.63) is 126 Å². The Morgan fingerprint density at radius 2 is 1.40 bits per heavy atom. The molecule has 0 aliphatic heterocycles. The summed E-state index contributed by atoms with van der Waals surface area (Å²) in [5.41, 5.74) is 2.99. The SMILES string of the molecule is CC[C@H](C)NC(=O)[C@@H](Cc1ccccc1)N(Cc1ccccc1)C(=O)CN(c1ccc(C)cc1)S(=O)(=O)c1ccc(OC)cc1. The lowest BCUT2D eigenvalue weighted by Crippen LogP contribution is -2.54. The van der Waals surface area contributed by atoms with Crippen molar-refractivity contribution in [1.29, 1.82) is 0 Å². The van der Waals surface area contributed by atoms with Crippen LogP contribution in [0.4, 0.5) is 5.69 Å². The number of hydrogen-bond acceptors (Lipinski definition) is 5. The van der Waals surface area contributed by atoms with Gasteiger partial charge in [-0.2, -0.15) is 0 Å². The number of hydrogen-bond donors (Lipinski definition) is 1. The summed E-state index contributed by atoms with van der Waals surface area (Å²) in [6, 6.07) is 30.9. The van der Waals surface area contributed by atoms with Gasteiger partial charge in [-0.05, 0) is 67.8 Å². The van der Waals surface area contributed by atoms with Crippen molar-refractivity contribution in [2.45, 2.75) is 57.1 Å². The van der Waals surface area contributed by atoms with Crippen molar-refractivity contribution in [3.63, 3.8) is 0 Å². The molecule has 0 saturated carbocycles. The molecule has 4 rings (SSSR count). The first kappa shape index (κ1) is 33.3. The van der Waals surface area contributed by atoms with Crippen LogP contribution in [0.25, 0.3) is 0 Å². The number of ether oxygens (including phenoxy) is 1. The number of benzene rings is 4. The molecule has 0 aliphatic carbocycles. The van der Waals surface area contributed by atoms with Gasteiger partial charge in [-0.1, -0.05) is 85.3 Å². The van der Waals surface area contributed by atoms with Gasteiger partial charge in [-0.15, -0.1) is 0 Å². The summed E-state index contributed by atoms with van der Waals surface area (Å²) in [5, 5.41) is 3.05. The molecule has 8 nitrogen and oxygen atoms in total. The summed E-state index contributed by atoms with van der Waals surface area (Å²) in [6.07, 6.45) is 0.981. The fraction of sp³-hybridized carbons (Fsp3) is 0.278. The Balaban J connectivity index is 1.79. The average molecular weight is 628 g/mol. The maximum Gasteiger partial charge on any atom is 0.264 e. The first-order valence-electron chi connectivity index (χ1n) is 15.0. The van der Waals surface area contributed by atoms with E-state index in [0.29, 0.717) is 11.4 Å². The summed E-state index contributed by atoms with van der Waals surface area (Å²) in [5.74, 6) is -0.286. The van der Waals surface area contributed by atoms with E-state index in [4.69, 9.17) is 4.74 Å². The second kappa shape index (κ2) is 15.4. The molecule has 236 valence electrons. The van der Waals surface area contributed by atoms with Gasteiger partial charge in [0.05, 0.1) is 17.7 Å². The Kier molecular flexibility index (Phi) is 11.4. The summed E-state index contributed by atoms with van der Waals surface area (Å²) in [4.78, 5) is 29.9. The highest BCUT2D eigenvalue weighted by atomic mass is 32.2. The zero-order valence-electron chi connectivity index (χ0n) is 26.2. The van der Waals surface area contributed by atoms with E-state index in [9.17, 15) is 18.0 Å². The monoisotopic (exact) mass is 627 g/mol. The largest absolute Gasteiger partial charge is 0.497 e. The molecule has 2 atom stereocenters. The predicted molar refractivity (Wildman–Crippen MR) is 178 cm³/mol. The minimum absolute atomic E-state index is 0.0154. The van der Waals surface area contributed by atoms with Crippen LogP contribution in [-0.2, 0) is 32.6 Å². The Labute approximate surface area is 266 Å². The van der Waals surface area contributed by atoms with Gasteiger partial charge in [-0.3, -0.25) is 13.9 Å². The molecule has 0 radical (unpaired) electrons. The topological polar surface area (TPSA) is 96.0 Å². The van der Waals surface area contributed by atoms with Crippen molar-refractivity contribution in [2.24, 2.45) is 0 Å². The summed E-state index contributed by atoms with van der Waals surface area (Å²) in [7, 11) is -2.69. The Morgan fingerprint density at radius 3 is 1.96 bits per heavy atom. The van der Waals surface area contributed by atoms with Gasteiger partial charge in [0.25, 0.3) is 10.0 Å². The van der Waals surface area contributed by atoms with E-state index in [-0.39, 0.29) is 29.8 Å². The van der Waals surface area contributed by atoms with Crippen molar-refractivity contribution in [3.8, 4) is 5.75 Å². The average Bonchev–Trinajstić information content (AvgIpc) is 3.06. The number of rotatable bonds is 14. The first-order chi connectivity index (χ1) is 21.6. The molecule has 0 saturated heterocycles. The van der Waals surface area contributed by atoms with Gasteiger partial charge in [0.2, 0.25) is 11.8 Å². The molecule has 0 fully saturated rings. The van der Waals surface area contributed by atoms with Crippen molar-refractivity contribution >= 4 is 27.5 Å². The summed E-state index contributed by atoms with van der Waals surface area (Å²) >= 11 is 0. The molecule has 45 heavy (non-hydrogen) atoms. The second-order valence-corrected chi connectivity index (χ2v) is 12.9.